The van der Waals surface area contributed by atoms with Crippen LogP contribution >= 0.6 is 11.6 Å². The van der Waals surface area contributed by atoms with Gasteiger partial charge >= 0.3 is 0 Å². The van der Waals surface area contributed by atoms with Gasteiger partial charge in [-0.2, -0.15) is 0 Å². The summed E-state index contributed by atoms with van der Waals surface area (Å²) < 4.78 is 1.86. The molecule has 28 heavy (non-hydrogen) atoms. The van der Waals surface area contributed by atoms with Gasteiger partial charge in [0.05, 0.1) is 5.56 Å². The van der Waals surface area contributed by atoms with E-state index in [0.717, 1.165) is 17.7 Å². The van der Waals surface area contributed by atoms with Gasteiger partial charge < -0.3 is 15.2 Å². The molecule has 2 amide bonds. The van der Waals surface area contributed by atoms with Crippen molar-refractivity contribution in [2.75, 3.05) is 5.32 Å². The molecule has 1 aliphatic heterocycles. The number of hydrogen-bond donors (Lipinski definition) is 2. The minimum Gasteiger partial charge on any atom is -0.347 e. The van der Waals surface area contributed by atoms with E-state index in [1.807, 2.05) is 17.6 Å². The van der Waals surface area contributed by atoms with Gasteiger partial charge in [0.1, 0.15) is 5.69 Å². The summed E-state index contributed by atoms with van der Waals surface area (Å²) in [4.78, 5) is 38.0. The Morgan fingerprint density at radius 2 is 1.89 bits per heavy atom. The second-order valence-corrected chi connectivity index (χ2v) is 7.83. The number of rotatable bonds is 5. The number of ketones is 1. The molecular formula is C21H24ClN3O3. The minimum atomic E-state index is -0.643. The molecule has 148 valence electrons. The number of amides is 2. The van der Waals surface area contributed by atoms with E-state index in [2.05, 4.69) is 10.6 Å². The molecule has 0 bridgehead atoms. The lowest BCUT2D eigenvalue weighted by molar-refractivity contribution is -0.117. The lowest BCUT2D eigenvalue weighted by Crippen LogP contribution is -2.36. The Labute approximate surface area is 169 Å². The molecule has 1 aromatic heterocycles. The molecule has 0 unspecified atom stereocenters. The molecular weight excluding hydrogens is 378 g/mol. The smallest absolute Gasteiger partial charge is 0.292 e. The molecule has 0 saturated heterocycles. The number of halogens is 1. The molecule has 0 saturated carbocycles. The van der Waals surface area contributed by atoms with Crippen molar-refractivity contribution >= 4 is 34.9 Å². The van der Waals surface area contributed by atoms with Gasteiger partial charge in [0, 0.05) is 29.0 Å². The fraction of sp³-hybridized carbons (Fsp3) is 0.381. The summed E-state index contributed by atoms with van der Waals surface area (Å²) in [6.07, 6.45) is 1.50. The number of nitrogens with one attached hydrogen (secondary N) is 2. The Morgan fingerprint density at radius 1 is 1.18 bits per heavy atom. The normalized spacial score (nSPS) is 12.8. The number of fused-ring (bicyclic) bond motifs is 1. The van der Waals surface area contributed by atoms with Crippen molar-refractivity contribution in [3.63, 3.8) is 0 Å². The summed E-state index contributed by atoms with van der Waals surface area (Å²) in [6.45, 7) is 7.85. The van der Waals surface area contributed by atoms with Gasteiger partial charge in [0.2, 0.25) is 0 Å². The summed E-state index contributed by atoms with van der Waals surface area (Å²) in [5.74, 6) is -1.55. The summed E-state index contributed by atoms with van der Waals surface area (Å²) in [5, 5.41) is 6.06. The highest BCUT2D eigenvalue weighted by atomic mass is 35.5. The Hall–Kier alpha value is -2.60. The number of aryl methyl sites for hydroxylation is 1. The summed E-state index contributed by atoms with van der Waals surface area (Å²) in [7, 11) is 0. The number of hydrogen-bond acceptors (Lipinski definition) is 3. The second kappa shape index (κ2) is 7.80. The van der Waals surface area contributed by atoms with Gasteiger partial charge in [-0.1, -0.05) is 17.7 Å². The van der Waals surface area contributed by atoms with Crippen LogP contribution in [0.2, 0.25) is 5.02 Å². The zero-order valence-corrected chi connectivity index (χ0v) is 17.2. The maximum absolute atomic E-state index is 13.0. The highest BCUT2D eigenvalue weighted by Gasteiger charge is 2.33. The zero-order chi connectivity index (χ0) is 20.6. The Bertz CT molecular complexity index is 976. The summed E-state index contributed by atoms with van der Waals surface area (Å²) >= 11 is 6.14. The summed E-state index contributed by atoms with van der Waals surface area (Å²) in [6, 6.07) is 5.17. The molecule has 0 atom stereocenters. The van der Waals surface area contributed by atoms with Crippen LogP contribution in [0.3, 0.4) is 0 Å². The molecule has 0 fully saturated rings. The van der Waals surface area contributed by atoms with Crippen LogP contribution in [0.4, 0.5) is 5.69 Å². The number of carbonyl (C=O) groups excluding carboxylic acids is 3. The van der Waals surface area contributed by atoms with Gasteiger partial charge in [0.15, 0.2) is 0 Å². The molecule has 0 aliphatic carbocycles. The number of aromatic nitrogens is 1. The maximum atomic E-state index is 13.0. The highest BCUT2D eigenvalue weighted by Crippen LogP contribution is 2.30. The van der Waals surface area contributed by atoms with Crippen LogP contribution in [-0.2, 0) is 17.8 Å². The first-order chi connectivity index (χ1) is 13.2. The third-order valence-corrected chi connectivity index (χ3v) is 5.31. The Morgan fingerprint density at radius 3 is 2.54 bits per heavy atom. The molecule has 3 rings (SSSR count). The zero-order valence-electron chi connectivity index (χ0n) is 16.5. The highest BCUT2D eigenvalue weighted by molar-refractivity contribution is 6.43. The second-order valence-electron chi connectivity index (χ2n) is 7.43. The minimum absolute atomic E-state index is 0.138. The predicted molar refractivity (Wildman–Crippen MR) is 109 cm³/mol. The van der Waals surface area contributed by atoms with Crippen LogP contribution in [0.5, 0.6) is 0 Å². The quantitative estimate of drug-likeness (QED) is 0.592. The number of Topliss-reactive ketones (excluding diaryl/α,β-unsaturated/α-hetero) is 1. The first-order valence-corrected chi connectivity index (χ1v) is 9.73. The third-order valence-electron chi connectivity index (χ3n) is 4.91. The van der Waals surface area contributed by atoms with E-state index in [-0.39, 0.29) is 11.9 Å². The topological polar surface area (TPSA) is 80.2 Å². The van der Waals surface area contributed by atoms with Gasteiger partial charge in [-0.05, 0) is 63.8 Å². The molecule has 2 N–H and O–H groups in total. The van der Waals surface area contributed by atoms with Crippen LogP contribution in [-0.4, -0.2) is 28.2 Å². The predicted octanol–water partition coefficient (Wildman–Crippen LogP) is 3.66. The molecule has 7 heteroatoms. The number of benzene rings is 1. The van der Waals surface area contributed by atoms with E-state index in [9.17, 15) is 14.4 Å². The molecule has 0 radical (unpaired) electrons. The van der Waals surface area contributed by atoms with Crippen LogP contribution < -0.4 is 10.6 Å². The molecule has 2 heterocycles. The Kier molecular flexibility index (Phi) is 5.61. The van der Waals surface area contributed by atoms with Crippen molar-refractivity contribution in [1.82, 2.24) is 9.88 Å². The molecule has 0 spiro atoms. The molecule has 1 aliphatic rings. The van der Waals surface area contributed by atoms with Crippen molar-refractivity contribution in [1.29, 1.82) is 0 Å². The van der Waals surface area contributed by atoms with E-state index < -0.39 is 11.7 Å². The van der Waals surface area contributed by atoms with Crippen molar-refractivity contribution in [2.45, 2.75) is 53.1 Å². The SMILES string of the molecule is Cc1ccc(NC(=O)c2c(C)c(C(=O)C(=O)NC(C)C)c3n2CCC3)cc1Cl. The van der Waals surface area contributed by atoms with E-state index in [1.54, 1.807) is 32.9 Å². The monoisotopic (exact) mass is 401 g/mol. The third kappa shape index (κ3) is 3.69. The standard InChI is InChI=1S/C21H24ClN3O3/c1-11(2)23-21(28)19(26)17-13(4)18(25-9-5-6-16(17)25)20(27)24-14-8-7-12(3)15(22)10-14/h7-8,10-11H,5-6,9H2,1-4H3,(H,23,28)(H,24,27). The van der Waals surface area contributed by atoms with E-state index >= 15 is 0 Å². The maximum Gasteiger partial charge on any atom is 0.292 e. The van der Waals surface area contributed by atoms with Crippen LogP contribution in [0.25, 0.3) is 0 Å². The van der Waals surface area contributed by atoms with Crippen molar-refractivity contribution < 1.29 is 14.4 Å². The van der Waals surface area contributed by atoms with Gasteiger partial charge in [-0.25, -0.2) is 0 Å². The molecule has 6 nitrogen and oxygen atoms in total. The Balaban J connectivity index is 1.96. The average molecular weight is 402 g/mol. The average Bonchev–Trinajstić information content (AvgIpc) is 3.16. The number of carbonyl (C=O) groups is 3. The fourth-order valence-electron chi connectivity index (χ4n) is 3.61. The lowest BCUT2D eigenvalue weighted by atomic mass is 10.0. The van der Waals surface area contributed by atoms with E-state index in [1.165, 1.54) is 0 Å². The van der Waals surface area contributed by atoms with Crippen LogP contribution in [0.1, 0.15) is 57.9 Å². The van der Waals surface area contributed by atoms with Crippen LogP contribution in [0.15, 0.2) is 18.2 Å². The van der Waals surface area contributed by atoms with Crippen LogP contribution in [0, 0.1) is 13.8 Å². The first kappa shape index (κ1) is 20.1. The van der Waals surface area contributed by atoms with Crippen molar-refractivity contribution in [3.05, 3.63) is 51.3 Å². The fourth-order valence-corrected chi connectivity index (χ4v) is 3.80. The van der Waals surface area contributed by atoms with E-state index in [4.69, 9.17) is 11.6 Å². The number of nitrogens with zero attached hydrogens (tertiary/aromatic N) is 1. The van der Waals surface area contributed by atoms with Gasteiger partial charge in [0.25, 0.3) is 17.6 Å². The largest absolute Gasteiger partial charge is 0.347 e. The van der Waals surface area contributed by atoms with E-state index in [0.29, 0.717) is 40.5 Å². The lowest BCUT2D eigenvalue weighted by Gasteiger charge is -2.10. The van der Waals surface area contributed by atoms with Crippen molar-refractivity contribution in [3.8, 4) is 0 Å². The van der Waals surface area contributed by atoms with Gasteiger partial charge in [-0.15, -0.1) is 0 Å². The van der Waals surface area contributed by atoms with Crippen molar-refractivity contribution in [2.24, 2.45) is 0 Å². The molecule has 2 aromatic rings. The summed E-state index contributed by atoms with van der Waals surface area (Å²) in [5.41, 5.74) is 3.57. The van der Waals surface area contributed by atoms with Gasteiger partial charge in [-0.3, -0.25) is 14.4 Å². The molecule has 1 aromatic carbocycles. The number of anilines is 1. The first-order valence-electron chi connectivity index (χ1n) is 9.35.